The Morgan fingerprint density at radius 2 is 1.75 bits per heavy atom. The molecule has 0 spiro atoms. The van der Waals surface area contributed by atoms with Crippen molar-refractivity contribution in [2.45, 2.75) is 39.2 Å². The summed E-state index contributed by atoms with van der Waals surface area (Å²) in [6, 6.07) is 0. The highest BCUT2D eigenvalue weighted by Gasteiger charge is 2.16. The molecule has 0 aliphatic carbocycles. The first-order chi connectivity index (χ1) is 3.68. The predicted molar refractivity (Wildman–Crippen MR) is 35.8 cm³/mol. The fourth-order valence-corrected chi connectivity index (χ4v) is 0.683. The Morgan fingerprint density at radius 3 is 1.75 bits per heavy atom. The van der Waals surface area contributed by atoms with E-state index in [-0.39, 0.29) is 5.60 Å². The van der Waals surface area contributed by atoms with Crippen LogP contribution in [0.2, 0.25) is 0 Å². The van der Waals surface area contributed by atoms with Crippen LogP contribution < -0.4 is 0 Å². The number of rotatable bonds is 3. The Balaban J connectivity index is 3.58. The highest BCUT2D eigenvalue weighted by Crippen LogP contribution is 2.16. The Kier molecular flexibility index (Phi) is 3.32. The first-order valence-corrected chi connectivity index (χ1v) is 3.44. The Bertz CT molecular complexity index is 51.3. The lowest BCUT2D eigenvalue weighted by Gasteiger charge is -2.24. The molecule has 0 bridgehead atoms. The van der Waals surface area contributed by atoms with E-state index in [2.05, 4.69) is 31.3 Å². The van der Waals surface area contributed by atoms with Gasteiger partial charge in [-0.15, -0.1) is 0 Å². The average molecular weight is 129 g/mol. The molecule has 3 radical (unpaired) electrons. The van der Waals surface area contributed by atoms with Crippen molar-refractivity contribution in [3.8, 4) is 0 Å². The van der Waals surface area contributed by atoms with Gasteiger partial charge in [0.25, 0.3) is 0 Å². The summed E-state index contributed by atoms with van der Waals surface area (Å²) in [6.07, 6.45) is 2.10. The molecule has 0 saturated heterocycles. The first-order valence-electron chi connectivity index (χ1n) is 3.03. The van der Waals surface area contributed by atoms with Gasteiger partial charge in [-0.3, -0.25) is 0 Å². The molecule has 0 aliphatic heterocycles. The first kappa shape index (κ1) is 8.18. The largest absolute Gasteiger partial charge is 0.413 e. The van der Waals surface area contributed by atoms with Gasteiger partial charge < -0.3 is 4.43 Å². The fourth-order valence-electron chi connectivity index (χ4n) is 0.394. The van der Waals surface area contributed by atoms with Crippen molar-refractivity contribution in [3.05, 3.63) is 0 Å². The third-order valence-corrected chi connectivity index (χ3v) is 2.23. The highest BCUT2D eigenvalue weighted by atomic mass is 28.2. The fraction of sp³-hybridized carbons (Fsp3) is 1.00. The summed E-state index contributed by atoms with van der Waals surface area (Å²) < 4.78 is 5.04. The minimum atomic E-state index is 0.0386. The third kappa shape index (κ3) is 1.97. The Hall–Kier alpha value is 0.177. The van der Waals surface area contributed by atoms with Crippen LogP contribution in [0.4, 0.5) is 0 Å². The number of hydrogen-bond donors (Lipinski definition) is 0. The lowest BCUT2D eigenvalue weighted by atomic mass is 10.0. The molecular weight excluding hydrogens is 116 g/mol. The van der Waals surface area contributed by atoms with Crippen molar-refractivity contribution in [1.29, 1.82) is 0 Å². The van der Waals surface area contributed by atoms with Gasteiger partial charge in [0, 0.05) is 0 Å². The van der Waals surface area contributed by atoms with Gasteiger partial charge in [0.1, 0.15) is 0 Å². The Morgan fingerprint density at radius 1 is 1.38 bits per heavy atom. The molecule has 0 heterocycles. The molecule has 0 atom stereocenters. The molecule has 8 heavy (non-hydrogen) atoms. The Labute approximate surface area is 55.0 Å². The van der Waals surface area contributed by atoms with Crippen LogP contribution in [0.15, 0.2) is 0 Å². The predicted octanol–water partition coefficient (Wildman–Crippen LogP) is 1.67. The van der Waals surface area contributed by atoms with Crippen LogP contribution in [0, 0.1) is 0 Å². The number of hydrogen-bond acceptors (Lipinski definition) is 1. The molecule has 47 valence electrons. The maximum Gasteiger partial charge on any atom is 0.246 e. The molecule has 0 aromatic rings. The quantitative estimate of drug-likeness (QED) is 0.527. The summed E-state index contributed by atoms with van der Waals surface area (Å²) in [5.74, 6) is 0. The molecule has 0 aliphatic rings. The molecule has 0 saturated carbocycles. The summed E-state index contributed by atoms with van der Waals surface area (Å²) in [5.41, 5.74) is 0.0386. The monoisotopic (exact) mass is 129 g/mol. The highest BCUT2D eigenvalue weighted by molar-refractivity contribution is 5.98. The summed E-state index contributed by atoms with van der Waals surface area (Å²) in [5, 5.41) is 0. The SMILES string of the molecule is CCC(C)(CC)O[Si]. The summed E-state index contributed by atoms with van der Waals surface area (Å²) in [4.78, 5) is 0. The summed E-state index contributed by atoms with van der Waals surface area (Å²) in [7, 11) is 3.04. The van der Waals surface area contributed by atoms with E-state index in [1.807, 2.05) is 0 Å². The standard InChI is InChI=1S/C6H13OSi/c1-4-6(3,5-2)7-8/h4-5H2,1-3H3. The van der Waals surface area contributed by atoms with Crippen LogP contribution in [0.25, 0.3) is 0 Å². The van der Waals surface area contributed by atoms with Gasteiger partial charge in [0.15, 0.2) is 0 Å². The molecule has 0 unspecified atom stereocenters. The van der Waals surface area contributed by atoms with Crippen LogP contribution in [0.5, 0.6) is 0 Å². The minimum Gasteiger partial charge on any atom is -0.413 e. The maximum absolute atomic E-state index is 5.04. The van der Waals surface area contributed by atoms with E-state index in [1.54, 1.807) is 0 Å². The van der Waals surface area contributed by atoms with Crippen LogP contribution >= 0.6 is 0 Å². The minimum absolute atomic E-state index is 0.0386. The second-order valence-electron chi connectivity index (χ2n) is 2.26. The van der Waals surface area contributed by atoms with Gasteiger partial charge in [-0.1, -0.05) is 13.8 Å². The smallest absolute Gasteiger partial charge is 0.246 e. The second-order valence-corrected chi connectivity index (χ2v) is 2.46. The summed E-state index contributed by atoms with van der Waals surface area (Å²) >= 11 is 0. The zero-order valence-corrected chi connectivity index (χ0v) is 6.82. The maximum atomic E-state index is 5.04. The zero-order valence-electron chi connectivity index (χ0n) is 5.82. The van der Waals surface area contributed by atoms with Crippen LogP contribution in [-0.2, 0) is 4.43 Å². The van der Waals surface area contributed by atoms with Crippen molar-refractivity contribution in [3.63, 3.8) is 0 Å². The van der Waals surface area contributed by atoms with E-state index >= 15 is 0 Å². The molecular formula is C6H13OSi. The van der Waals surface area contributed by atoms with Gasteiger partial charge in [-0.2, -0.15) is 0 Å². The van der Waals surface area contributed by atoms with Gasteiger partial charge in [0.05, 0.1) is 5.60 Å². The second kappa shape index (κ2) is 3.25. The molecule has 1 nitrogen and oxygen atoms in total. The van der Waals surface area contributed by atoms with E-state index in [4.69, 9.17) is 4.43 Å². The van der Waals surface area contributed by atoms with Gasteiger partial charge in [-0.05, 0) is 19.8 Å². The van der Waals surface area contributed by atoms with E-state index in [0.717, 1.165) is 12.8 Å². The van der Waals surface area contributed by atoms with E-state index in [0.29, 0.717) is 0 Å². The van der Waals surface area contributed by atoms with Crippen LogP contribution in [0.1, 0.15) is 33.6 Å². The summed E-state index contributed by atoms with van der Waals surface area (Å²) in [6.45, 7) is 6.31. The van der Waals surface area contributed by atoms with Crippen molar-refractivity contribution in [1.82, 2.24) is 0 Å². The molecule has 0 amide bonds. The van der Waals surface area contributed by atoms with Crippen molar-refractivity contribution >= 4 is 10.5 Å². The normalized spacial score (nSPS) is 12.0. The van der Waals surface area contributed by atoms with Crippen molar-refractivity contribution in [2.24, 2.45) is 0 Å². The van der Waals surface area contributed by atoms with Crippen molar-refractivity contribution < 1.29 is 4.43 Å². The average Bonchev–Trinajstić information content (AvgIpc) is 1.87. The zero-order chi connectivity index (χ0) is 6.62. The van der Waals surface area contributed by atoms with Crippen LogP contribution in [0.3, 0.4) is 0 Å². The third-order valence-electron chi connectivity index (χ3n) is 1.74. The van der Waals surface area contributed by atoms with Gasteiger partial charge in [0.2, 0.25) is 10.5 Å². The molecule has 2 heteroatoms. The van der Waals surface area contributed by atoms with Gasteiger partial charge in [-0.25, -0.2) is 0 Å². The molecule has 0 aromatic carbocycles. The van der Waals surface area contributed by atoms with E-state index < -0.39 is 0 Å². The molecule has 0 rings (SSSR count). The van der Waals surface area contributed by atoms with Gasteiger partial charge >= 0.3 is 0 Å². The van der Waals surface area contributed by atoms with Crippen LogP contribution in [-0.4, -0.2) is 16.1 Å². The molecule has 0 aromatic heterocycles. The van der Waals surface area contributed by atoms with E-state index in [9.17, 15) is 0 Å². The molecule has 0 fully saturated rings. The topological polar surface area (TPSA) is 9.23 Å². The lowest BCUT2D eigenvalue weighted by Crippen LogP contribution is -2.25. The lowest BCUT2D eigenvalue weighted by molar-refractivity contribution is 0.0924. The van der Waals surface area contributed by atoms with Crippen molar-refractivity contribution in [2.75, 3.05) is 0 Å². The van der Waals surface area contributed by atoms with E-state index in [1.165, 1.54) is 0 Å². The molecule has 0 N–H and O–H groups in total.